The number of hydrogen-bond acceptors (Lipinski definition) is 6. The highest BCUT2D eigenvalue weighted by atomic mass is 35.5. The van der Waals surface area contributed by atoms with Crippen LogP contribution >= 0.6 is 11.6 Å². The van der Waals surface area contributed by atoms with Gasteiger partial charge in [-0.05, 0) is 72.1 Å². The topological polar surface area (TPSA) is 118 Å². The van der Waals surface area contributed by atoms with Gasteiger partial charge in [0.05, 0.1) is 13.3 Å². The van der Waals surface area contributed by atoms with Crippen LogP contribution in [0.25, 0.3) is 0 Å². The molecular formula is C26H25ClN4O5. The number of rotatable bonds is 9. The minimum Gasteiger partial charge on any atom is -0.497 e. The molecule has 3 aromatic rings. The lowest BCUT2D eigenvalue weighted by molar-refractivity contribution is -0.139. The van der Waals surface area contributed by atoms with Crippen molar-refractivity contribution in [1.82, 2.24) is 10.7 Å². The van der Waals surface area contributed by atoms with Gasteiger partial charge >= 0.3 is 11.8 Å². The van der Waals surface area contributed by atoms with Gasteiger partial charge in [-0.25, -0.2) is 5.43 Å². The lowest BCUT2D eigenvalue weighted by Crippen LogP contribution is -2.37. The summed E-state index contributed by atoms with van der Waals surface area (Å²) in [5.41, 5.74) is 5.05. The summed E-state index contributed by atoms with van der Waals surface area (Å²) in [6, 6.07) is 19.0. The molecule has 0 aliphatic heterocycles. The number of anilines is 1. The van der Waals surface area contributed by atoms with Crippen molar-refractivity contribution in [2.75, 3.05) is 19.0 Å². The third-order valence-corrected chi connectivity index (χ3v) is 5.40. The molecule has 186 valence electrons. The summed E-state index contributed by atoms with van der Waals surface area (Å²) in [5.74, 6) is -0.837. The van der Waals surface area contributed by atoms with E-state index in [9.17, 15) is 14.4 Å². The van der Waals surface area contributed by atoms with Gasteiger partial charge in [-0.15, -0.1) is 0 Å². The predicted octanol–water partition coefficient (Wildman–Crippen LogP) is 3.44. The van der Waals surface area contributed by atoms with Crippen LogP contribution in [0.1, 0.15) is 16.7 Å². The van der Waals surface area contributed by atoms with Crippen LogP contribution in [-0.2, 0) is 20.9 Å². The number of ether oxygens (including phenoxy) is 2. The van der Waals surface area contributed by atoms with Gasteiger partial charge in [-0.2, -0.15) is 5.10 Å². The van der Waals surface area contributed by atoms with Crippen molar-refractivity contribution in [2.24, 2.45) is 5.10 Å². The second kappa shape index (κ2) is 12.9. The lowest BCUT2D eigenvalue weighted by atomic mass is 10.2. The maximum Gasteiger partial charge on any atom is 0.329 e. The Morgan fingerprint density at radius 2 is 1.64 bits per heavy atom. The summed E-state index contributed by atoms with van der Waals surface area (Å²) < 4.78 is 10.6. The highest BCUT2D eigenvalue weighted by molar-refractivity contribution is 6.35. The van der Waals surface area contributed by atoms with Crippen LogP contribution in [0.5, 0.6) is 11.5 Å². The Hall–Kier alpha value is -4.37. The van der Waals surface area contributed by atoms with Crippen LogP contribution in [-0.4, -0.2) is 37.7 Å². The first kappa shape index (κ1) is 26.2. The molecular weight excluding hydrogens is 484 g/mol. The van der Waals surface area contributed by atoms with Crippen LogP contribution in [0, 0.1) is 6.92 Å². The van der Waals surface area contributed by atoms with Crippen molar-refractivity contribution in [3.05, 3.63) is 88.4 Å². The predicted molar refractivity (Wildman–Crippen MR) is 137 cm³/mol. The van der Waals surface area contributed by atoms with E-state index in [1.165, 1.54) is 6.21 Å². The van der Waals surface area contributed by atoms with Crippen molar-refractivity contribution < 1.29 is 23.9 Å². The zero-order valence-corrected chi connectivity index (χ0v) is 20.5. The Balaban J connectivity index is 1.40. The van der Waals surface area contributed by atoms with Crippen LogP contribution in [0.2, 0.25) is 5.02 Å². The van der Waals surface area contributed by atoms with Gasteiger partial charge in [0.1, 0.15) is 11.5 Å². The average Bonchev–Trinajstić information content (AvgIpc) is 2.89. The normalized spacial score (nSPS) is 10.5. The smallest absolute Gasteiger partial charge is 0.329 e. The maximum atomic E-state index is 12.2. The summed E-state index contributed by atoms with van der Waals surface area (Å²) in [6.07, 6.45) is 1.38. The number of benzene rings is 3. The molecule has 10 heteroatoms. The van der Waals surface area contributed by atoms with Crippen molar-refractivity contribution in [1.29, 1.82) is 0 Å². The van der Waals surface area contributed by atoms with Gasteiger partial charge < -0.3 is 20.1 Å². The van der Waals surface area contributed by atoms with Crippen molar-refractivity contribution in [3.63, 3.8) is 0 Å². The Kier molecular flexibility index (Phi) is 9.41. The van der Waals surface area contributed by atoms with E-state index in [0.717, 1.165) is 11.1 Å². The fraction of sp³-hybridized carbons (Fsp3) is 0.154. The Labute approximate surface area is 213 Å². The number of carbonyl (C=O) groups excluding carboxylic acids is 3. The Morgan fingerprint density at radius 3 is 2.33 bits per heavy atom. The molecule has 0 spiro atoms. The first-order valence-corrected chi connectivity index (χ1v) is 11.3. The standard InChI is InChI=1S/C26H25ClN4O5/c1-17-22(27)4-3-5-23(17)30-24(32)16-36-21-12-8-19(9-13-21)15-29-31-26(34)25(33)28-14-18-6-10-20(35-2)11-7-18/h3-13,15H,14,16H2,1-2H3,(H,28,33)(H,30,32)(H,31,34)/b29-15-. The quantitative estimate of drug-likeness (QED) is 0.232. The number of methoxy groups -OCH3 is 1. The second-order valence-electron chi connectivity index (χ2n) is 7.55. The first-order chi connectivity index (χ1) is 17.4. The monoisotopic (exact) mass is 508 g/mol. The van der Waals surface area contributed by atoms with Crippen LogP contribution < -0.4 is 25.5 Å². The average molecular weight is 509 g/mol. The van der Waals surface area contributed by atoms with Crippen molar-refractivity contribution in [3.8, 4) is 11.5 Å². The van der Waals surface area contributed by atoms with E-state index in [-0.39, 0.29) is 19.1 Å². The van der Waals surface area contributed by atoms with E-state index >= 15 is 0 Å². The molecule has 0 atom stereocenters. The summed E-state index contributed by atoms with van der Waals surface area (Å²) in [7, 11) is 1.57. The van der Waals surface area contributed by atoms with Gasteiger partial charge in [0.2, 0.25) is 0 Å². The number of nitrogens with zero attached hydrogens (tertiary/aromatic N) is 1. The van der Waals surface area contributed by atoms with E-state index in [0.29, 0.717) is 27.8 Å². The third-order valence-electron chi connectivity index (χ3n) is 4.99. The molecule has 0 aromatic heterocycles. The van der Waals surface area contributed by atoms with Gasteiger partial charge in [-0.3, -0.25) is 14.4 Å². The minimum atomic E-state index is -0.888. The lowest BCUT2D eigenvalue weighted by Gasteiger charge is -2.10. The van der Waals surface area contributed by atoms with Gasteiger partial charge in [-0.1, -0.05) is 29.8 Å². The van der Waals surface area contributed by atoms with Gasteiger partial charge in [0.25, 0.3) is 5.91 Å². The zero-order valence-electron chi connectivity index (χ0n) is 19.7. The molecule has 3 N–H and O–H groups in total. The fourth-order valence-electron chi connectivity index (χ4n) is 2.95. The molecule has 0 unspecified atom stereocenters. The molecule has 0 aliphatic rings. The highest BCUT2D eigenvalue weighted by Gasteiger charge is 2.12. The molecule has 0 fully saturated rings. The zero-order chi connectivity index (χ0) is 25.9. The second-order valence-corrected chi connectivity index (χ2v) is 7.96. The molecule has 0 aliphatic carbocycles. The number of amides is 3. The minimum absolute atomic E-state index is 0.179. The first-order valence-electron chi connectivity index (χ1n) is 10.9. The molecule has 3 rings (SSSR count). The van der Waals surface area contributed by atoms with Crippen LogP contribution in [0.3, 0.4) is 0 Å². The van der Waals surface area contributed by atoms with E-state index in [4.69, 9.17) is 21.1 Å². The summed E-state index contributed by atoms with van der Waals surface area (Å²) in [4.78, 5) is 36.0. The van der Waals surface area contributed by atoms with E-state index in [2.05, 4.69) is 21.2 Å². The number of carbonyl (C=O) groups is 3. The molecule has 0 saturated carbocycles. The molecule has 0 heterocycles. The van der Waals surface area contributed by atoms with E-state index in [1.54, 1.807) is 73.8 Å². The molecule has 0 bridgehead atoms. The van der Waals surface area contributed by atoms with Crippen LogP contribution in [0.4, 0.5) is 5.69 Å². The van der Waals surface area contributed by atoms with E-state index < -0.39 is 11.8 Å². The van der Waals surface area contributed by atoms with Crippen LogP contribution in [0.15, 0.2) is 71.8 Å². The van der Waals surface area contributed by atoms with Gasteiger partial charge in [0.15, 0.2) is 6.61 Å². The summed E-state index contributed by atoms with van der Waals surface area (Å²) >= 11 is 6.06. The number of hydrogen-bond donors (Lipinski definition) is 3. The number of hydrazone groups is 1. The highest BCUT2D eigenvalue weighted by Crippen LogP contribution is 2.23. The molecule has 3 aromatic carbocycles. The molecule has 0 radical (unpaired) electrons. The van der Waals surface area contributed by atoms with Crippen molar-refractivity contribution in [2.45, 2.75) is 13.5 Å². The molecule has 0 saturated heterocycles. The van der Waals surface area contributed by atoms with E-state index in [1.807, 2.05) is 6.92 Å². The van der Waals surface area contributed by atoms with Crippen molar-refractivity contribution >= 4 is 41.2 Å². The molecule has 36 heavy (non-hydrogen) atoms. The maximum absolute atomic E-state index is 12.2. The fourth-order valence-corrected chi connectivity index (χ4v) is 3.12. The summed E-state index contributed by atoms with van der Waals surface area (Å²) in [5, 5.41) is 9.63. The Morgan fingerprint density at radius 1 is 0.944 bits per heavy atom. The largest absolute Gasteiger partial charge is 0.497 e. The molecule has 9 nitrogen and oxygen atoms in total. The number of nitrogens with one attached hydrogen (secondary N) is 3. The third kappa shape index (κ3) is 7.85. The van der Waals surface area contributed by atoms with Gasteiger partial charge in [0, 0.05) is 17.3 Å². The molecule has 3 amide bonds. The number of halogens is 1. The Bertz CT molecular complexity index is 1240. The summed E-state index contributed by atoms with van der Waals surface area (Å²) in [6.45, 7) is 1.83. The SMILES string of the molecule is COc1ccc(CNC(=O)C(=O)N/N=C\c2ccc(OCC(=O)Nc3cccc(Cl)c3C)cc2)cc1.